The molecule has 0 spiro atoms. The summed E-state index contributed by atoms with van der Waals surface area (Å²) < 4.78 is 3.86. The molecule has 0 saturated carbocycles. The highest BCUT2D eigenvalue weighted by atomic mass is 16.5. The highest BCUT2D eigenvalue weighted by molar-refractivity contribution is 5.36. The largest absolute Gasteiger partial charge is 0.471 e. The highest BCUT2D eigenvalue weighted by Gasteiger charge is 1.99. The zero-order valence-electron chi connectivity index (χ0n) is 7.25. The Hall–Kier alpha value is -1.30. The summed E-state index contributed by atoms with van der Waals surface area (Å²) >= 11 is 0. The molecule has 0 radical (unpaired) electrons. The van der Waals surface area contributed by atoms with Crippen LogP contribution in [0.2, 0.25) is 0 Å². The van der Waals surface area contributed by atoms with Gasteiger partial charge in [-0.25, -0.2) is 0 Å². The molecule has 12 heavy (non-hydrogen) atoms. The fourth-order valence-electron chi connectivity index (χ4n) is 0.940. The Morgan fingerprint density at radius 2 is 2.33 bits per heavy atom. The van der Waals surface area contributed by atoms with Gasteiger partial charge in [-0.2, -0.15) is 5.26 Å². The molecule has 0 N–H and O–H groups in total. The van der Waals surface area contributed by atoms with Crippen molar-refractivity contribution in [3.05, 3.63) is 11.6 Å². The predicted molar refractivity (Wildman–Crippen MR) is 45.2 cm³/mol. The molecule has 0 aromatic heterocycles. The Bertz CT molecular complexity index is 191. The van der Waals surface area contributed by atoms with Crippen LogP contribution in [0, 0.1) is 11.3 Å². The lowest BCUT2D eigenvalue weighted by molar-refractivity contribution is -0.126. The number of methoxy groups -OCH3 is 1. The average molecular weight is 167 g/mol. The van der Waals surface area contributed by atoms with Crippen LogP contribution < -0.4 is 0 Å². The summed E-state index contributed by atoms with van der Waals surface area (Å²) in [7, 11) is 1.31. The van der Waals surface area contributed by atoms with Crippen molar-refractivity contribution in [1.29, 1.82) is 5.26 Å². The fourth-order valence-corrected chi connectivity index (χ4v) is 0.940. The van der Waals surface area contributed by atoms with Gasteiger partial charge in [0, 0.05) is 5.57 Å². The normalized spacial score (nSPS) is 14.5. The summed E-state index contributed by atoms with van der Waals surface area (Å²) in [4.78, 5) is 8.95. The van der Waals surface area contributed by atoms with E-state index in [2.05, 4.69) is 10.8 Å². The minimum atomic E-state index is 0.375. The van der Waals surface area contributed by atoms with Gasteiger partial charge >= 0.3 is 0 Å². The van der Waals surface area contributed by atoms with Gasteiger partial charge < -0.3 is 4.74 Å². The Morgan fingerprint density at radius 1 is 1.67 bits per heavy atom. The van der Waals surface area contributed by atoms with E-state index >= 15 is 0 Å². The maximum Gasteiger partial charge on any atom is 0.292 e. The van der Waals surface area contributed by atoms with Gasteiger partial charge in [0.25, 0.3) is 6.47 Å². The van der Waals surface area contributed by atoms with E-state index in [0.717, 1.165) is 18.4 Å². The third-order valence-electron chi connectivity index (χ3n) is 1.53. The number of nitrogens with zero attached hydrogens (tertiary/aromatic N) is 1. The van der Waals surface area contributed by atoms with Crippen molar-refractivity contribution in [3.8, 4) is 6.07 Å². The summed E-state index contributed by atoms with van der Waals surface area (Å²) in [6.45, 7) is 0.375. The van der Waals surface area contributed by atoms with Crippen LogP contribution in [0.5, 0.6) is 0 Å². The van der Waals surface area contributed by atoms with Crippen molar-refractivity contribution in [2.24, 2.45) is 0 Å². The Labute approximate surface area is 72.6 Å². The average Bonchev–Trinajstić information content (AvgIpc) is 2.19. The summed E-state index contributed by atoms with van der Waals surface area (Å²) in [5.41, 5.74) is 0.983. The lowest BCUT2D eigenvalue weighted by Gasteiger charge is -2.03. The second-order valence-electron chi connectivity index (χ2n) is 2.42. The number of carbonyl (C=O) groups is 1. The van der Waals surface area contributed by atoms with Gasteiger partial charge in [0.05, 0.1) is 13.2 Å². The Morgan fingerprint density at radius 3 is 2.58 bits per heavy atom. The summed E-state index contributed by atoms with van der Waals surface area (Å²) in [5.74, 6) is 0. The molecule has 0 fully saturated rings. The summed E-state index contributed by atoms with van der Waals surface area (Å²) in [5, 5.41) is 8.37. The van der Waals surface area contributed by atoms with E-state index in [1.54, 1.807) is 0 Å². The maximum atomic E-state index is 8.95. The molecular weight excluding hydrogens is 154 g/mol. The van der Waals surface area contributed by atoms with E-state index in [4.69, 9.17) is 10.1 Å². The van der Waals surface area contributed by atoms with Gasteiger partial charge in [0.2, 0.25) is 0 Å². The van der Waals surface area contributed by atoms with Crippen LogP contribution in [0.4, 0.5) is 0 Å². The zero-order valence-corrected chi connectivity index (χ0v) is 7.25. The van der Waals surface area contributed by atoms with Gasteiger partial charge in [-0.05, 0) is 25.7 Å². The minimum absolute atomic E-state index is 0.375. The number of rotatable bonds is 1. The number of ether oxygens (including phenoxy) is 1. The second-order valence-corrected chi connectivity index (χ2v) is 2.42. The van der Waals surface area contributed by atoms with Crippen molar-refractivity contribution in [1.82, 2.24) is 0 Å². The monoisotopic (exact) mass is 167 g/mol. The predicted octanol–water partition coefficient (Wildman–Crippen LogP) is 1.80. The highest BCUT2D eigenvalue weighted by Crippen LogP contribution is 2.15. The molecule has 0 amide bonds. The molecule has 0 atom stereocenters. The molecule has 0 aromatic carbocycles. The van der Waals surface area contributed by atoms with Crippen molar-refractivity contribution < 1.29 is 9.53 Å². The molecule has 66 valence electrons. The lowest BCUT2D eigenvalue weighted by atomic mass is 10.0. The molecule has 0 saturated heterocycles. The van der Waals surface area contributed by atoms with Crippen LogP contribution in [0.25, 0.3) is 0 Å². The topological polar surface area (TPSA) is 50.1 Å². The molecule has 3 nitrogen and oxygen atoms in total. The Kier molecular flexibility index (Phi) is 6.96. The first-order valence-corrected chi connectivity index (χ1v) is 3.90. The lowest BCUT2D eigenvalue weighted by Crippen LogP contribution is -1.87. The van der Waals surface area contributed by atoms with Crippen LogP contribution in [-0.2, 0) is 9.53 Å². The van der Waals surface area contributed by atoms with Gasteiger partial charge in [0.15, 0.2) is 0 Å². The Balaban J connectivity index is 0.000000261. The zero-order chi connectivity index (χ0) is 9.23. The van der Waals surface area contributed by atoms with Crippen LogP contribution in [0.1, 0.15) is 25.7 Å². The number of hydrogen-bond acceptors (Lipinski definition) is 3. The summed E-state index contributed by atoms with van der Waals surface area (Å²) in [6, 6.07) is 2.16. The van der Waals surface area contributed by atoms with E-state index in [9.17, 15) is 0 Å². The van der Waals surface area contributed by atoms with E-state index in [-0.39, 0.29) is 0 Å². The molecule has 1 rings (SSSR count). The van der Waals surface area contributed by atoms with E-state index in [1.165, 1.54) is 20.0 Å². The van der Waals surface area contributed by atoms with E-state index < -0.39 is 0 Å². The van der Waals surface area contributed by atoms with Gasteiger partial charge in [0.1, 0.15) is 0 Å². The molecule has 3 heteroatoms. The minimum Gasteiger partial charge on any atom is -0.471 e. The van der Waals surface area contributed by atoms with Crippen molar-refractivity contribution in [3.63, 3.8) is 0 Å². The van der Waals surface area contributed by atoms with Crippen LogP contribution >= 0.6 is 0 Å². The third-order valence-corrected chi connectivity index (χ3v) is 1.53. The molecule has 0 aliphatic heterocycles. The maximum absolute atomic E-state index is 8.95. The number of carbonyl (C=O) groups excluding carboxylic acids is 1. The molecular formula is C9H13NO2. The first-order chi connectivity index (χ1) is 5.85. The number of hydrogen-bond donors (Lipinski definition) is 0. The van der Waals surface area contributed by atoms with Gasteiger partial charge in [-0.1, -0.05) is 6.08 Å². The molecule has 1 aliphatic carbocycles. The van der Waals surface area contributed by atoms with Crippen LogP contribution in [0.15, 0.2) is 11.6 Å². The molecule has 1 aliphatic rings. The number of nitriles is 1. The molecule has 0 aromatic rings. The smallest absolute Gasteiger partial charge is 0.292 e. The first kappa shape index (κ1) is 10.7. The van der Waals surface area contributed by atoms with Crippen molar-refractivity contribution in [2.75, 3.05) is 7.11 Å². The fraction of sp³-hybridized carbons (Fsp3) is 0.556. The molecule has 0 unspecified atom stereocenters. The summed E-state index contributed by atoms with van der Waals surface area (Å²) in [6.07, 6.45) is 6.65. The molecule has 0 bridgehead atoms. The molecule has 0 heterocycles. The van der Waals surface area contributed by atoms with E-state index in [1.807, 2.05) is 6.08 Å². The third kappa shape index (κ3) is 5.48. The van der Waals surface area contributed by atoms with Crippen molar-refractivity contribution in [2.45, 2.75) is 25.7 Å². The first-order valence-electron chi connectivity index (χ1n) is 3.90. The van der Waals surface area contributed by atoms with Gasteiger partial charge in [-0.3, -0.25) is 4.79 Å². The van der Waals surface area contributed by atoms with Gasteiger partial charge in [-0.15, -0.1) is 0 Å². The standard InChI is InChI=1S/C7H9N.C2H4O2/c8-6-7-4-2-1-3-5-7;1-4-2-3/h4H,1-3,5H2;2H,1H3. The van der Waals surface area contributed by atoms with Crippen LogP contribution in [0.3, 0.4) is 0 Å². The SMILES string of the molecule is COC=O.N#CC1=CCCCC1. The van der Waals surface area contributed by atoms with E-state index in [0.29, 0.717) is 6.47 Å². The number of allylic oxidation sites excluding steroid dienone is 2. The second kappa shape index (κ2) is 7.80. The quantitative estimate of drug-likeness (QED) is 0.559. The van der Waals surface area contributed by atoms with Crippen molar-refractivity contribution >= 4 is 6.47 Å². The van der Waals surface area contributed by atoms with Crippen LogP contribution in [-0.4, -0.2) is 13.6 Å².